The molecule has 0 radical (unpaired) electrons. The van der Waals surface area contributed by atoms with Crippen LogP contribution in [0.4, 0.5) is 0 Å². The van der Waals surface area contributed by atoms with Gasteiger partial charge >= 0.3 is 0 Å². The topological polar surface area (TPSA) is 38.7 Å². The molecule has 1 aliphatic rings. The van der Waals surface area contributed by atoms with Crippen LogP contribution in [0.2, 0.25) is 0 Å². The molecule has 9 rings (SSSR count). The average molecular weight is 602 g/mol. The van der Waals surface area contributed by atoms with Crippen molar-refractivity contribution in [3.63, 3.8) is 0 Å². The highest BCUT2D eigenvalue weighted by Crippen LogP contribution is 2.53. The van der Waals surface area contributed by atoms with Gasteiger partial charge in [-0.1, -0.05) is 129 Å². The number of nitrogens with zero attached hydrogens (tertiary/aromatic N) is 3. The van der Waals surface area contributed by atoms with E-state index in [1.54, 1.807) is 0 Å². The third-order valence-electron chi connectivity index (χ3n) is 9.77. The monoisotopic (exact) mass is 601 g/mol. The summed E-state index contributed by atoms with van der Waals surface area (Å²) in [6.07, 6.45) is 3.74. The van der Waals surface area contributed by atoms with Gasteiger partial charge in [0.2, 0.25) is 0 Å². The summed E-state index contributed by atoms with van der Waals surface area (Å²) in [6.45, 7) is 4.68. The molecule has 47 heavy (non-hydrogen) atoms. The summed E-state index contributed by atoms with van der Waals surface area (Å²) in [4.78, 5) is 14.9. The zero-order chi connectivity index (χ0) is 31.5. The van der Waals surface area contributed by atoms with Gasteiger partial charge in [-0.05, 0) is 73.6 Å². The largest absolute Gasteiger partial charge is 0.264 e. The van der Waals surface area contributed by atoms with Gasteiger partial charge in [-0.2, -0.15) is 0 Å². The van der Waals surface area contributed by atoms with E-state index in [-0.39, 0.29) is 5.41 Å². The van der Waals surface area contributed by atoms with Crippen LogP contribution < -0.4 is 0 Å². The van der Waals surface area contributed by atoms with Crippen molar-refractivity contribution in [2.75, 3.05) is 0 Å². The molecule has 0 saturated heterocycles. The highest BCUT2D eigenvalue weighted by atomic mass is 14.9. The van der Waals surface area contributed by atoms with Crippen molar-refractivity contribution >= 4 is 21.5 Å². The van der Waals surface area contributed by atoms with Crippen LogP contribution in [-0.2, 0) is 5.41 Å². The molecule has 2 aromatic heterocycles. The molecular formula is C44H31N3. The van der Waals surface area contributed by atoms with Crippen molar-refractivity contribution in [3.05, 3.63) is 163 Å². The van der Waals surface area contributed by atoms with Gasteiger partial charge < -0.3 is 0 Å². The van der Waals surface area contributed by atoms with Gasteiger partial charge in [-0.25, -0.2) is 9.97 Å². The first-order valence-corrected chi connectivity index (χ1v) is 16.1. The minimum atomic E-state index is -0.138. The highest BCUT2D eigenvalue weighted by molar-refractivity contribution is 6.05. The second-order valence-electron chi connectivity index (χ2n) is 12.9. The quantitative estimate of drug-likeness (QED) is 0.201. The summed E-state index contributed by atoms with van der Waals surface area (Å²) < 4.78 is 0. The number of pyridine rings is 1. The van der Waals surface area contributed by atoms with E-state index in [4.69, 9.17) is 9.97 Å². The minimum absolute atomic E-state index is 0.138. The van der Waals surface area contributed by atoms with Crippen molar-refractivity contribution in [2.24, 2.45) is 0 Å². The van der Waals surface area contributed by atoms with Crippen LogP contribution in [0.15, 0.2) is 152 Å². The third kappa shape index (κ3) is 4.39. The lowest BCUT2D eigenvalue weighted by atomic mass is 9.81. The number of hydrogen-bond acceptors (Lipinski definition) is 3. The van der Waals surface area contributed by atoms with Gasteiger partial charge in [0.1, 0.15) is 0 Å². The molecule has 1 aliphatic carbocycles. The van der Waals surface area contributed by atoms with Crippen LogP contribution in [0.5, 0.6) is 0 Å². The van der Waals surface area contributed by atoms with Crippen LogP contribution in [0.1, 0.15) is 25.0 Å². The highest BCUT2D eigenvalue weighted by Gasteiger charge is 2.37. The standard InChI is InChI=1S/C44H31N3/c1-44(2)38-20-10-19-36(42(38)37-24-29-14-6-7-15-30(29)25-39(37)44)41-26-40(46-43(47-41)28-12-4-3-5-13-28)35-22-21-32(31-16-11-23-45-27-31)33-17-8-9-18-34(33)35/h3-27H,1-2H3. The van der Waals surface area contributed by atoms with E-state index >= 15 is 0 Å². The maximum Gasteiger partial charge on any atom is 0.160 e. The molecule has 3 heteroatoms. The van der Waals surface area contributed by atoms with Gasteiger partial charge in [-0.15, -0.1) is 0 Å². The van der Waals surface area contributed by atoms with E-state index in [0.717, 1.165) is 44.6 Å². The molecule has 0 saturated carbocycles. The number of benzene rings is 6. The molecule has 0 spiro atoms. The minimum Gasteiger partial charge on any atom is -0.264 e. The zero-order valence-electron chi connectivity index (χ0n) is 26.3. The molecule has 8 aromatic rings. The third-order valence-corrected chi connectivity index (χ3v) is 9.77. The Morgan fingerprint density at radius 2 is 1.13 bits per heavy atom. The Bertz CT molecular complexity index is 2480. The van der Waals surface area contributed by atoms with E-state index < -0.39 is 0 Å². The summed E-state index contributed by atoms with van der Waals surface area (Å²) in [5, 5.41) is 4.83. The number of hydrogen-bond donors (Lipinski definition) is 0. The molecule has 3 nitrogen and oxygen atoms in total. The Morgan fingerprint density at radius 3 is 1.89 bits per heavy atom. The molecule has 0 unspecified atom stereocenters. The molecule has 222 valence electrons. The van der Waals surface area contributed by atoms with E-state index in [1.807, 2.05) is 36.7 Å². The zero-order valence-corrected chi connectivity index (χ0v) is 26.3. The Balaban J connectivity index is 1.31. The SMILES string of the molecule is CC1(C)c2cc3ccccc3cc2-c2c(-c3cc(-c4ccc(-c5cccnc5)c5ccccc45)nc(-c4ccccc4)n3)cccc21. The van der Waals surface area contributed by atoms with Crippen molar-refractivity contribution in [1.29, 1.82) is 0 Å². The first-order valence-electron chi connectivity index (χ1n) is 16.1. The number of aromatic nitrogens is 3. The van der Waals surface area contributed by atoms with Crippen LogP contribution in [-0.4, -0.2) is 15.0 Å². The predicted octanol–water partition coefficient (Wildman–Crippen LogP) is 11.2. The maximum absolute atomic E-state index is 5.29. The Hall–Kier alpha value is -5.93. The molecular weight excluding hydrogens is 571 g/mol. The molecule has 2 heterocycles. The summed E-state index contributed by atoms with van der Waals surface area (Å²) in [5.74, 6) is 0.715. The number of fused-ring (bicyclic) bond motifs is 5. The normalized spacial score (nSPS) is 13.1. The van der Waals surface area contributed by atoms with E-state index in [2.05, 4.69) is 134 Å². The Kier molecular flexibility index (Phi) is 6.16. The van der Waals surface area contributed by atoms with Crippen LogP contribution >= 0.6 is 0 Å². The van der Waals surface area contributed by atoms with Gasteiger partial charge in [0.25, 0.3) is 0 Å². The van der Waals surface area contributed by atoms with E-state index in [9.17, 15) is 0 Å². The Morgan fingerprint density at radius 1 is 0.468 bits per heavy atom. The van der Waals surface area contributed by atoms with E-state index in [0.29, 0.717) is 5.82 Å². The molecule has 0 atom stereocenters. The second kappa shape index (κ2) is 10.6. The lowest BCUT2D eigenvalue weighted by molar-refractivity contribution is 0.661. The lowest BCUT2D eigenvalue weighted by Crippen LogP contribution is -2.14. The van der Waals surface area contributed by atoms with Crippen molar-refractivity contribution < 1.29 is 0 Å². The van der Waals surface area contributed by atoms with Gasteiger partial charge in [0.05, 0.1) is 11.4 Å². The first-order chi connectivity index (χ1) is 23.1. The van der Waals surface area contributed by atoms with Crippen LogP contribution in [0, 0.1) is 0 Å². The van der Waals surface area contributed by atoms with Crippen LogP contribution in [0.3, 0.4) is 0 Å². The van der Waals surface area contributed by atoms with Gasteiger partial charge in [0.15, 0.2) is 5.82 Å². The number of rotatable bonds is 4. The molecule has 0 fully saturated rings. The smallest absolute Gasteiger partial charge is 0.160 e. The molecule has 6 aromatic carbocycles. The second-order valence-corrected chi connectivity index (χ2v) is 12.9. The summed E-state index contributed by atoms with van der Waals surface area (Å²) in [5.41, 5.74) is 12.4. The first kappa shape index (κ1) is 27.4. The lowest BCUT2D eigenvalue weighted by Gasteiger charge is -2.22. The maximum atomic E-state index is 5.29. The van der Waals surface area contributed by atoms with Crippen molar-refractivity contribution in [3.8, 4) is 56.2 Å². The van der Waals surface area contributed by atoms with E-state index in [1.165, 1.54) is 38.4 Å². The molecule has 0 bridgehead atoms. The average Bonchev–Trinajstić information content (AvgIpc) is 3.36. The van der Waals surface area contributed by atoms with Crippen molar-refractivity contribution in [1.82, 2.24) is 15.0 Å². The fourth-order valence-corrected chi connectivity index (χ4v) is 7.42. The molecule has 0 aliphatic heterocycles. The molecule has 0 amide bonds. The fourth-order valence-electron chi connectivity index (χ4n) is 7.42. The fraction of sp³-hybridized carbons (Fsp3) is 0.0682. The van der Waals surface area contributed by atoms with Crippen LogP contribution in [0.25, 0.3) is 77.7 Å². The predicted molar refractivity (Wildman–Crippen MR) is 194 cm³/mol. The van der Waals surface area contributed by atoms with Gasteiger partial charge in [-0.3, -0.25) is 4.98 Å². The molecule has 0 N–H and O–H groups in total. The summed E-state index contributed by atoms with van der Waals surface area (Å²) >= 11 is 0. The van der Waals surface area contributed by atoms with Gasteiger partial charge in [0, 0.05) is 40.1 Å². The summed E-state index contributed by atoms with van der Waals surface area (Å²) in [6, 6.07) is 49.7. The summed E-state index contributed by atoms with van der Waals surface area (Å²) in [7, 11) is 0. The van der Waals surface area contributed by atoms with Crippen molar-refractivity contribution in [2.45, 2.75) is 19.3 Å². The Labute approximate surface area is 274 Å².